The number of piperazine rings is 1. The van der Waals surface area contributed by atoms with E-state index >= 15 is 0 Å². The van der Waals surface area contributed by atoms with Gasteiger partial charge in [-0.25, -0.2) is 16.8 Å². The number of rotatable bonds is 7. The second-order valence-electron chi connectivity index (χ2n) is 6.74. The zero-order chi connectivity index (χ0) is 21.1. The molecule has 10 heteroatoms. The Balaban J connectivity index is 1.72. The topological polar surface area (TPSA) is 96.0 Å². The van der Waals surface area contributed by atoms with Gasteiger partial charge in [0.25, 0.3) is 10.0 Å². The van der Waals surface area contributed by atoms with Crippen molar-refractivity contribution in [3.05, 3.63) is 48.5 Å². The molecule has 2 aromatic rings. The van der Waals surface area contributed by atoms with Gasteiger partial charge in [-0.3, -0.25) is 4.72 Å². The second-order valence-corrected chi connectivity index (χ2v) is 10.4. The first-order valence-corrected chi connectivity index (χ1v) is 12.2. The van der Waals surface area contributed by atoms with Crippen molar-refractivity contribution in [2.45, 2.75) is 16.7 Å². The van der Waals surface area contributed by atoms with Crippen LogP contribution < -0.4 is 9.46 Å². The summed E-state index contributed by atoms with van der Waals surface area (Å²) in [4.78, 5) is 2.31. The number of nitrogens with one attached hydrogen (secondary N) is 1. The molecule has 158 valence electrons. The third-order valence-corrected chi connectivity index (χ3v) is 7.96. The van der Waals surface area contributed by atoms with E-state index in [4.69, 9.17) is 4.74 Å². The van der Waals surface area contributed by atoms with E-state index in [2.05, 4.69) is 9.62 Å². The molecule has 0 atom stereocenters. The summed E-state index contributed by atoms with van der Waals surface area (Å²) in [6, 6.07) is 11.8. The minimum atomic E-state index is -3.79. The number of ether oxygens (including phenoxy) is 1. The first-order chi connectivity index (χ1) is 13.7. The number of nitrogens with zero attached hydrogens (tertiary/aromatic N) is 2. The summed E-state index contributed by atoms with van der Waals surface area (Å²) >= 11 is 0. The Morgan fingerprint density at radius 2 is 1.41 bits per heavy atom. The molecule has 1 aliphatic rings. The maximum absolute atomic E-state index is 12.8. The third kappa shape index (κ3) is 5.08. The maximum Gasteiger partial charge on any atom is 0.261 e. The van der Waals surface area contributed by atoms with Crippen LogP contribution in [0.2, 0.25) is 0 Å². The molecule has 1 heterocycles. The van der Waals surface area contributed by atoms with Crippen LogP contribution in [0.1, 0.15) is 6.92 Å². The lowest BCUT2D eigenvalue weighted by Crippen LogP contribution is -2.46. The first kappa shape index (κ1) is 21.6. The SMILES string of the molecule is CCOc1ccc(S(=O)(=O)Nc2ccc(S(=O)(=O)N3CCN(C)CC3)cc2)cc1. The Labute approximate surface area is 172 Å². The molecular weight excluding hydrogens is 414 g/mol. The van der Waals surface area contributed by atoms with E-state index in [1.165, 1.54) is 40.7 Å². The van der Waals surface area contributed by atoms with Crippen molar-refractivity contribution in [3.8, 4) is 5.75 Å². The molecule has 3 rings (SSSR count). The molecule has 1 N–H and O–H groups in total. The number of hydrogen-bond donors (Lipinski definition) is 1. The molecule has 0 aliphatic carbocycles. The summed E-state index contributed by atoms with van der Waals surface area (Å²) in [5.41, 5.74) is 0.288. The lowest BCUT2D eigenvalue weighted by Gasteiger charge is -2.31. The van der Waals surface area contributed by atoms with E-state index in [1.807, 2.05) is 14.0 Å². The molecule has 0 bridgehead atoms. The van der Waals surface area contributed by atoms with Crippen molar-refractivity contribution in [3.63, 3.8) is 0 Å². The van der Waals surface area contributed by atoms with Crippen LogP contribution in [0.3, 0.4) is 0 Å². The van der Waals surface area contributed by atoms with E-state index in [0.29, 0.717) is 38.5 Å². The zero-order valence-electron chi connectivity index (χ0n) is 16.4. The van der Waals surface area contributed by atoms with Crippen molar-refractivity contribution in [1.82, 2.24) is 9.21 Å². The van der Waals surface area contributed by atoms with Crippen LogP contribution in [0.25, 0.3) is 0 Å². The minimum absolute atomic E-state index is 0.0927. The number of hydrogen-bond acceptors (Lipinski definition) is 6. The monoisotopic (exact) mass is 439 g/mol. The molecule has 0 amide bonds. The van der Waals surface area contributed by atoms with E-state index in [0.717, 1.165) is 0 Å². The van der Waals surface area contributed by atoms with Crippen molar-refractivity contribution in [1.29, 1.82) is 0 Å². The quantitative estimate of drug-likeness (QED) is 0.707. The largest absolute Gasteiger partial charge is 0.494 e. The van der Waals surface area contributed by atoms with Gasteiger partial charge in [-0.1, -0.05) is 0 Å². The molecule has 0 unspecified atom stereocenters. The van der Waals surface area contributed by atoms with Gasteiger partial charge >= 0.3 is 0 Å². The van der Waals surface area contributed by atoms with Crippen molar-refractivity contribution < 1.29 is 21.6 Å². The summed E-state index contributed by atoms with van der Waals surface area (Å²) in [5, 5.41) is 0. The molecule has 0 spiro atoms. The highest BCUT2D eigenvalue weighted by molar-refractivity contribution is 7.92. The Morgan fingerprint density at radius 3 is 1.97 bits per heavy atom. The maximum atomic E-state index is 12.8. The molecule has 1 aliphatic heterocycles. The van der Waals surface area contributed by atoms with Crippen molar-refractivity contribution >= 4 is 25.7 Å². The number of likely N-dealkylation sites (N-methyl/N-ethyl adjacent to an activating group) is 1. The fourth-order valence-electron chi connectivity index (χ4n) is 2.97. The third-order valence-electron chi connectivity index (χ3n) is 4.65. The van der Waals surface area contributed by atoms with Gasteiger partial charge in [0.1, 0.15) is 5.75 Å². The molecule has 1 saturated heterocycles. The molecule has 0 radical (unpaired) electrons. The van der Waals surface area contributed by atoms with Crippen LogP contribution in [0.5, 0.6) is 5.75 Å². The normalized spacial score (nSPS) is 16.5. The Kier molecular flexibility index (Phi) is 6.47. The van der Waals surface area contributed by atoms with E-state index in [9.17, 15) is 16.8 Å². The Morgan fingerprint density at radius 1 is 0.862 bits per heavy atom. The van der Waals surface area contributed by atoms with Gasteiger partial charge in [0.15, 0.2) is 0 Å². The predicted molar refractivity (Wildman–Crippen MR) is 111 cm³/mol. The van der Waals surface area contributed by atoms with Crippen LogP contribution in [0.15, 0.2) is 58.3 Å². The number of anilines is 1. The van der Waals surface area contributed by atoms with Gasteiger partial charge in [-0.05, 0) is 62.5 Å². The first-order valence-electron chi connectivity index (χ1n) is 9.27. The van der Waals surface area contributed by atoms with Crippen molar-refractivity contribution in [2.24, 2.45) is 0 Å². The fraction of sp³-hybridized carbons (Fsp3) is 0.368. The highest BCUT2D eigenvalue weighted by Gasteiger charge is 2.27. The summed E-state index contributed by atoms with van der Waals surface area (Å²) in [7, 11) is -5.43. The van der Waals surface area contributed by atoms with Gasteiger partial charge in [0.05, 0.1) is 16.4 Å². The van der Waals surface area contributed by atoms with Crippen molar-refractivity contribution in [2.75, 3.05) is 44.6 Å². The Bertz CT molecular complexity index is 1030. The minimum Gasteiger partial charge on any atom is -0.494 e. The van der Waals surface area contributed by atoms with E-state index in [-0.39, 0.29) is 15.5 Å². The molecule has 0 aromatic heterocycles. The standard InChI is InChI=1S/C19H25N3O5S2/c1-3-27-17-6-10-18(11-7-17)28(23,24)20-16-4-8-19(9-5-16)29(25,26)22-14-12-21(2)13-15-22/h4-11,20H,3,12-15H2,1-2H3. The van der Waals surface area contributed by atoms with Gasteiger partial charge < -0.3 is 9.64 Å². The van der Waals surface area contributed by atoms with E-state index in [1.54, 1.807) is 12.1 Å². The highest BCUT2D eigenvalue weighted by atomic mass is 32.2. The predicted octanol–water partition coefficient (Wildman–Crippen LogP) is 1.82. The van der Waals surface area contributed by atoms with Crippen LogP contribution in [-0.4, -0.2) is 65.9 Å². The van der Waals surface area contributed by atoms with Gasteiger partial charge in [-0.2, -0.15) is 4.31 Å². The van der Waals surface area contributed by atoms with Gasteiger partial charge in [0.2, 0.25) is 10.0 Å². The summed E-state index contributed by atoms with van der Waals surface area (Å²) in [5.74, 6) is 0.588. The number of benzene rings is 2. The van der Waals surface area contributed by atoms with Crippen LogP contribution in [0.4, 0.5) is 5.69 Å². The summed E-state index contributed by atoms with van der Waals surface area (Å²) in [6.07, 6.45) is 0. The smallest absolute Gasteiger partial charge is 0.261 e. The number of sulfonamides is 2. The lowest BCUT2D eigenvalue weighted by atomic mass is 10.3. The van der Waals surface area contributed by atoms with E-state index < -0.39 is 20.0 Å². The van der Waals surface area contributed by atoms with Gasteiger partial charge in [-0.15, -0.1) is 0 Å². The molecule has 8 nitrogen and oxygen atoms in total. The fourth-order valence-corrected chi connectivity index (χ4v) is 5.45. The van der Waals surface area contributed by atoms with Crippen LogP contribution in [-0.2, 0) is 20.0 Å². The average molecular weight is 440 g/mol. The van der Waals surface area contributed by atoms with Crippen LogP contribution >= 0.6 is 0 Å². The molecule has 1 fully saturated rings. The molecule has 29 heavy (non-hydrogen) atoms. The zero-order valence-corrected chi connectivity index (χ0v) is 18.0. The lowest BCUT2D eigenvalue weighted by molar-refractivity contribution is 0.222. The summed E-state index contributed by atoms with van der Waals surface area (Å²) in [6.45, 7) is 4.57. The highest BCUT2D eigenvalue weighted by Crippen LogP contribution is 2.22. The van der Waals surface area contributed by atoms with Gasteiger partial charge in [0, 0.05) is 31.9 Å². The molecular formula is C19H25N3O5S2. The second kappa shape index (κ2) is 8.70. The Hall–Kier alpha value is -2.14. The average Bonchev–Trinajstić information content (AvgIpc) is 2.69. The van der Waals surface area contributed by atoms with Crippen LogP contribution in [0, 0.1) is 0 Å². The summed E-state index contributed by atoms with van der Waals surface area (Å²) < 4.78 is 59.8. The molecule has 2 aromatic carbocycles. The molecule has 0 saturated carbocycles.